The molecule has 0 aliphatic carbocycles. The van der Waals surface area contributed by atoms with Crippen LogP contribution in [0.15, 0.2) is 0 Å². The Labute approximate surface area is 57.6 Å². The van der Waals surface area contributed by atoms with Crippen LogP contribution in [0.3, 0.4) is 0 Å². The Morgan fingerprint density at radius 1 is 1.18 bits per heavy atom. The van der Waals surface area contributed by atoms with E-state index in [0.29, 0.717) is 0 Å². The lowest BCUT2D eigenvalue weighted by atomic mass is 10.2. The third kappa shape index (κ3) is 2.69. The van der Waals surface area contributed by atoms with Crippen molar-refractivity contribution in [3.63, 3.8) is 0 Å². The Morgan fingerprint density at radius 3 is 1.64 bits per heavy atom. The third-order valence-corrected chi connectivity index (χ3v) is 0.788. The van der Waals surface area contributed by atoms with Gasteiger partial charge in [-0.3, -0.25) is 4.79 Å². The first-order chi connectivity index (χ1) is 4.67. The van der Waals surface area contributed by atoms with E-state index in [0.717, 1.165) is 0 Å². The Hall–Kier alpha value is -0.880. The molecule has 2 nitrogen and oxygen atoms in total. The standard InChI is InChI=1S/C4H3F5O2/c5-3(6,1-2(10)11)4(7,8)9/h1H2,(H,10,11). The maximum Gasteiger partial charge on any atom is 0.453 e. The van der Waals surface area contributed by atoms with Crippen LogP contribution in [0.25, 0.3) is 0 Å². The summed E-state index contributed by atoms with van der Waals surface area (Å²) < 4.78 is 56.9. The van der Waals surface area contributed by atoms with Gasteiger partial charge in [0.1, 0.15) is 6.42 Å². The van der Waals surface area contributed by atoms with Crippen LogP contribution >= 0.6 is 0 Å². The number of carboxylic acid groups (broad SMARTS) is 1. The molecule has 0 bridgehead atoms. The van der Waals surface area contributed by atoms with Crippen LogP contribution in [0.2, 0.25) is 0 Å². The fourth-order valence-corrected chi connectivity index (χ4v) is 0.290. The van der Waals surface area contributed by atoms with Gasteiger partial charge in [0.15, 0.2) is 0 Å². The molecule has 0 aliphatic rings. The molecule has 11 heavy (non-hydrogen) atoms. The van der Waals surface area contributed by atoms with Gasteiger partial charge in [0.25, 0.3) is 0 Å². The van der Waals surface area contributed by atoms with Crippen LogP contribution in [0.4, 0.5) is 22.0 Å². The van der Waals surface area contributed by atoms with Crippen molar-refractivity contribution >= 4 is 5.97 Å². The van der Waals surface area contributed by atoms with E-state index in [9.17, 15) is 26.7 Å². The van der Waals surface area contributed by atoms with E-state index in [1.54, 1.807) is 0 Å². The first kappa shape index (κ1) is 10.1. The molecule has 0 heterocycles. The number of alkyl halides is 5. The van der Waals surface area contributed by atoms with Gasteiger partial charge in [0.05, 0.1) is 0 Å². The highest BCUT2D eigenvalue weighted by molar-refractivity contribution is 5.67. The molecule has 0 aromatic rings. The normalized spacial score (nSPS) is 13.2. The maximum atomic E-state index is 11.7. The number of carbonyl (C=O) groups is 1. The van der Waals surface area contributed by atoms with Gasteiger partial charge in [0, 0.05) is 0 Å². The van der Waals surface area contributed by atoms with E-state index < -0.39 is 24.5 Å². The molecule has 7 heteroatoms. The minimum absolute atomic E-state index is 2.19. The molecule has 0 spiro atoms. The predicted octanol–water partition coefficient (Wildman–Crippen LogP) is 1.66. The molecule has 0 aliphatic heterocycles. The molecule has 0 saturated heterocycles. The van der Waals surface area contributed by atoms with Crippen molar-refractivity contribution < 1.29 is 31.9 Å². The van der Waals surface area contributed by atoms with Crippen molar-refractivity contribution in [3.8, 4) is 0 Å². The number of hydrogen-bond donors (Lipinski definition) is 1. The summed E-state index contributed by atoms with van der Waals surface area (Å²) in [4.78, 5) is 9.48. The molecule has 0 aromatic heterocycles. The van der Waals surface area contributed by atoms with Crippen LogP contribution in [-0.2, 0) is 4.79 Å². The van der Waals surface area contributed by atoms with Crippen molar-refractivity contribution in [1.29, 1.82) is 0 Å². The minimum atomic E-state index is -5.79. The van der Waals surface area contributed by atoms with Crippen LogP contribution in [0.1, 0.15) is 6.42 Å². The highest BCUT2D eigenvalue weighted by Crippen LogP contribution is 2.37. The second kappa shape index (κ2) is 2.63. The van der Waals surface area contributed by atoms with Gasteiger partial charge in [-0.25, -0.2) is 0 Å². The Bertz CT molecular complexity index is 160. The van der Waals surface area contributed by atoms with Crippen molar-refractivity contribution in [2.45, 2.75) is 18.5 Å². The van der Waals surface area contributed by atoms with Gasteiger partial charge >= 0.3 is 18.1 Å². The van der Waals surface area contributed by atoms with Crippen LogP contribution < -0.4 is 0 Å². The molecule has 0 radical (unpaired) electrons. The monoisotopic (exact) mass is 178 g/mol. The molecule has 66 valence electrons. The van der Waals surface area contributed by atoms with E-state index in [1.165, 1.54) is 0 Å². The average Bonchev–Trinajstić information content (AvgIpc) is 1.56. The minimum Gasteiger partial charge on any atom is -0.481 e. The molecular weight excluding hydrogens is 175 g/mol. The highest BCUT2D eigenvalue weighted by atomic mass is 19.4. The third-order valence-electron chi connectivity index (χ3n) is 0.788. The summed E-state index contributed by atoms with van der Waals surface area (Å²) in [5, 5.41) is 7.63. The second-order valence-electron chi connectivity index (χ2n) is 1.77. The maximum absolute atomic E-state index is 11.7. The summed E-state index contributed by atoms with van der Waals surface area (Å²) in [6.07, 6.45) is -8.01. The SMILES string of the molecule is O=C(O)CC(F)(F)C(F)(F)F. The summed E-state index contributed by atoms with van der Waals surface area (Å²) in [5.41, 5.74) is 0. The van der Waals surface area contributed by atoms with E-state index in [2.05, 4.69) is 0 Å². The molecule has 0 fully saturated rings. The largest absolute Gasteiger partial charge is 0.481 e. The molecule has 0 saturated carbocycles. The van der Waals surface area contributed by atoms with Gasteiger partial charge in [0.2, 0.25) is 0 Å². The summed E-state index contributed by atoms with van der Waals surface area (Å²) >= 11 is 0. The van der Waals surface area contributed by atoms with E-state index >= 15 is 0 Å². The van der Waals surface area contributed by atoms with Crippen molar-refractivity contribution in [2.75, 3.05) is 0 Å². The van der Waals surface area contributed by atoms with Gasteiger partial charge in [-0.05, 0) is 0 Å². The molecule has 0 amide bonds. The molecule has 0 aromatic carbocycles. The molecular formula is C4H3F5O2. The van der Waals surface area contributed by atoms with E-state index in [1.807, 2.05) is 0 Å². The number of halogens is 5. The van der Waals surface area contributed by atoms with Crippen molar-refractivity contribution in [3.05, 3.63) is 0 Å². The fourth-order valence-electron chi connectivity index (χ4n) is 0.290. The van der Waals surface area contributed by atoms with Gasteiger partial charge < -0.3 is 5.11 Å². The van der Waals surface area contributed by atoms with Gasteiger partial charge in [-0.2, -0.15) is 22.0 Å². The Kier molecular flexibility index (Phi) is 2.42. The quantitative estimate of drug-likeness (QED) is 0.653. The summed E-state index contributed by atoms with van der Waals surface area (Å²) in [6, 6.07) is 0. The first-order valence-electron chi connectivity index (χ1n) is 2.33. The number of rotatable bonds is 2. The average molecular weight is 178 g/mol. The predicted molar refractivity (Wildman–Crippen MR) is 23.3 cm³/mol. The highest BCUT2D eigenvalue weighted by Gasteiger charge is 2.58. The zero-order valence-corrected chi connectivity index (χ0v) is 4.95. The molecule has 0 unspecified atom stereocenters. The number of aliphatic carboxylic acids is 1. The zero-order valence-electron chi connectivity index (χ0n) is 4.95. The summed E-state index contributed by atoms with van der Waals surface area (Å²) in [5.74, 6) is -7.33. The van der Waals surface area contributed by atoms with E-state index in [-0.39, 0.29) is 0 Å². The number of carboxylic acids is 1. The van der Waals surface area contributed by atoms with Crippen LogP contribution in [0.5, 0.6) is 0 Å². The van der Waals surface area contributed by atoms with Crippen molar-refractivity contribution in [1.82, 2.24) is 0 Å². The van der Waals surface area contributed by atoms with Gasteiger partial charge in [-0.1, -0.05) is 0 Å². The van der Waals surface area contributed by atoms with Crippen LogP contribution in [0, 0.1) is 0 Å². The number of hydrogen-bond acceptors (Lipinski definition) is 1. The fraction of sp³-hybridized carbons (Fsp3) is 0.750. The second-order valence-corrected chi connectivity index (χ2v) is 1.77. The first-order valence-corrected chi connectivity index (χ1v) is 2.33. The zero-order chi connectivity index (χ0) is 9.28. The lowest BCUT2D eigenvalue weighted by molar-refractivity contribution is -0.283. The molecule has 0 rings (SSSR count). The Balaban J connectivity index is 4.34. The van der Waals surface area contributed by atoms with Crippen LogP contribution in [-0.4, -0.2) is 23.2 Å². The molecule has 0 atom stereocenters. The van der Waals surface area contributed by atoms with Crippen molar-refractivity contribution in [2.24, 2.45) is 0 Å². The molecule has 1 N–H and O–H groups in total. The van der Waals surface area contributed by atoms with Gasteiger partial charge in [-0.15, -0.1) is 0 Å². The topological polar surface area (TPSA) is 37.3 Å². The smallest absolute Gasteiger partial charge is 0.453 e. The lowest BCUT2D eigenvalue weighted by Gasteiger charge is -2.16. The summed E-state index contributed by atoms with van der Waals surface area (Å²) in [7, 11) is 0. The lowest BCUT2D eigenvalue weighted by Crippen LogP contribution is -2.38. The Morgan fingerprint density at radius 2 is 1.55 bits per heavy atom. The van der Waals surface area contributed by atoms with E-state index in [4.69, 9.17) is 5.11 Å². The summed E-state index contributed by atoms with van der Waals surface area (Å²) in [6.45, 7) is 0.